The first-order valence-electron chi connectivity index (χ1n) is 7.45. The fourth-order valence-electron chi connectivity index (χ4n) is 2.72. The van der Waals surface area contributed by atoms with Crippen molar-refractivity contribution in [1.29, 1.82) is 0 Å². The van der Waals surface area contributed by atoms with Gasteiger partial charge in [0.05, 0.1) is 5.69 Å². The summed E-state index contributed by atoms with van der Waals surface area (Å²) in [5.41, 5.74) is 11.0. The summed E-state index contributed by atoms with van der Waals surface area (Å²) in [6.45, 7) is 6.46. The van der Waals surface area contributed by atoms with E-state index < -0.39 is 0 Å². The molecule has 0 saturated heterocycles. The highest BCUT2D eigenvalue weighted by atomic mass is 32.1. The van der Waals surface area contributed by atoms with Crippen LogP contribution in [0.1, 0.15) is 32.1 Å². The van der Waals surface area contributed by atoms with Gasteiger partial charge >= 0.3 is 0 Å². The Morgan fingerprint density at radius 3 is 2.78 bits per heavy atom. The van der Waals surface area contributed by atoms with Crippen LogP contribution in [0.3, 0.4) is 0 Å². The van der Waals surface area contributed by atoms with Gasteiger partial charge in [0.25, 0.3) is 5.91 Å². The lowest BCUT2D eigenvalue weighted by atomic mass is 10.1. The van der Waals surface area contributed by atoms with Gasteiger partial charge in [-0.2, -0.15) is 0 Å². The molecule has 2 heterocycles. The zero-order valence-electron chi connectivity index (χ0n) is 13.4. The van der Waals surface area contributed by atoms with Gasteiger partial charge in [0.2, 0.25) is 0 Å². The van der Waals surface area contributed by atoms with Crippen LogP contribution in [0.15, 0.2) is 30.3 Å². The second kappa shape index (κ2) is 6.01. The Morgan fingerprint density at radius 2 is 2.04 bits per heavy atom. The van der Waals surface area contributed by atoms with Gasteiger partial charge in [-0.3, -0.25) is 4.79 Å². The van der Waals surface area contributed by atoms with E-state index in [4.69, 9.17) is 5.73 Å². The Bertz CT molecular complexity index is 899. The summed E-state index contributed by atoms with van der Waals surface area (Å²) in [6.07, 6.45) is 0. The number of aryl methyl sites for hydroxylation is 3. The molecule has 3 N–H and O–H groups in total. The van der Waals surface area contributed by atoms with Crippen LogP contribution in [0.2, 0.25) is 0 Å². The molecule has 3 aromatic rings. The number of hydrogen-bond acceptors (Lipinski definition) is 4. The van der Waals surface area contributed by atoms with E-state index in [1.54, 1.807) is 0 Å². The normalized spacial score (nSPS) is 10.9. The van der Waals surface area contributed by atoms with E-state index in [2.05, 4.69) is 16.4 Å². The van der Waals surface area contributed by atoms with Crippen molar-refractivity contribution in [2.24, 2.45) is 0 Å². The third-order valence-corrected chi connectivity index (χ3v) is 4.86. The van der Waals surface area contributed by atoms with Crippen LogP contribution in [0.4, 0.5) is 5.69 Å². The highest BCUT2D eigenvalue weighted by Crippen LogP contribution is 2.34. The van der Waals surface area contributed by atoms with Gasteiger partial charge in [-0.05, 0) is 38.0 Å². The number of rotatable bonds is 3. The Kier molecular flexibility index (Phi) is 4.05. The molecule has 0 unspecified atom stereocenters. The first-order chi connectivity index (χ1) is 11.0. The SMILES string of the molecule is Cc1cccc(CNC(=O)c2sc3nc(C)cc(C)c3c2N)c1. The van der Waals surface area contributed by atoms with Crippen LogP contribution in [0, 0.1) is 20.8 Å². The van der Waals surface area contributed by atoms with Gasteiger partial charge in [-0.1, -0.05) is 29.8 Å². The van der Waals surface area contributed by atoms with Gasteiger partial charge in [0.1, 0.15) is 9.71 Å². The summed E-state index contributed by atoms with van der Waals surface area (Å²) in [5.74, 6) is -0.149. The van der Waals surface area contributed by atoms with Crippen molar-refractivity contribution in [3.8, 4) is 0 Å². The number of pyridine rings is 1. The quantitative estimate of drug-likeness (QED) is 0.771. The van der Waals surface area contributed by atoms with Crippen LogP contribution < -0.4 is 11.1 Å². The van der Waals surface area contributed by atoms with Crippen LogP contribution in [-0.2, 0) is 6.54 Å². The maximum absolute atomic E-state index is 12.5. The molecule has 0 aliphatic heterocycles. The molecule has 0 saturated carbocycles. The van der Waals surface area contributed by atoms with Gasteiger partial charge < -0.3 is 11.1 Å². The number of carbonyl (C=O) groups is 1. The second-order valence-corrected chi connectivity index (χ2v) is 6.78. The molecule has 118 valence electrons. The summed E-state index contributed by atoms with van der Waals surface area (Å²) in [7, 11) is 0. The largest absolute Gasteiger partial charge is 0.397 e. The molecular weight excluding hydrogens is 306 g/mol. The minimum Gasteiger partial charge on any atom is -0.397 e. The molecular formula is C18H19N3OS. The zero-order valence-corrected chi connectivity index (χ0v) is 14.3. The lowest BCUT2D eigenvalue weighted by Gasteiger charge is -2.05. The highest BCUT2D eigenvalue weighted by molar-refractivity contribution is 7.21. The first kappa shape index (κ1) is 15.5. The average Bonchev–Trinajstić information content (AvgIpc) is 2.82. The van der Waals surface area contributed by atoms with E-state index in [1.807, 2.05) is 45.0 Å². The van der Waals surface area contributed by atoms with Gasteiger partial charge in [0, 0.05) is 17.6 Å². The van der Waals surface area contributed by atoms with Crippen molar-refractivity contribution >= 4 is 33.1 Å². The molecule has 0 fully saturated rings. The van der Waals surface area contributed by atoms with Crippen molar-refractivity contribution in [1.82, 2.24) is 10.3 Å². The molecule has 0 radical (unpaired) electrons. The molecule has 0 atom stereocenters. The molecule has 0 aliphatic carbocycles. The Hall–Kier alpha value is -2.40. The molecule has 23 heavy (non-hydrogen) atoms. The van der Waals surface area contributed by atoms with Crippen LogP contribution in [-0.4, -0.2) is 10.9 Å². The Balaban J connectivity index is 1.86. The van der Waals surface area contributed by atoms with Crippen molar-refractivity contribution in [3.63, 3.8) is 0 Å². The number of aromatic nitrogens is 1. The van der Waals surface area contributed by atoms with Crippen molar-refractivity contribution in [2.45, 2.75) is 27.3 Å². The summed E-state index contributed by atoms with van der Waals surface area (Å²) in [4.78, 5) is 18.3. The summed E-state index contributed by atoms with van der Waals surface area (Å²) < 4.78 is 0. The van der Waals surface area contributed by atoms with Gasteiger partial charge in [-0.25, -0.2) is 4.98 Å². The number of nitrogens with one attached hydrogen (secondary N) is 1. The van der Waals surface area contributed by atoms with Crippen molar-refractivity contribution in [3.05, 3.63) is 57.6 Å². The van der Waals surface area contributed by atoms with Gasteiger partial charge in [-0.15, -0.1) is 11.3 Å². The van der Waals surface area contributed by atoms with Crippen LogP contribution in [0.5, 0.6) is 0 Å². The number of fused-ring (bicyclic) bond motifs is 1. The Labute approximate surface area is 139 Å². The maximum atomic E-state index is 12.5. The molecule has 3 rings (SSSR count). The Morgan fingerprint density at radius 1 is 1.26 bits per heavy atom. The molecule has 4 nitrogen and oxygen atoms in total. The van der Waals surface area contributed by atoms with E-state index in [-0.39, 0.29) is 5.91 Å². The first-order valence-corrected chi connectivity index (χ1v) is 8.27. The highest BCUT2D eigenvalue weighted by Gasteiger charge is 2.18. The number of carbonyl (C=O) groups excluding carboxylic acids is 1. The van der Waals surface area contributed by atoms with Gasteiger partial charge in [0.15, 0.2) is 0 Å². The van der Waals surface area contributed by atoms with E-state index in [9.17, 15) is 4.79 Å². The monoisotopic (exact) mass is 325 g/mol. The predicted molar refractivity (Wildman–Crippen MR) is 95.9 cm³/mol. The number of benzene rings is 1. The van der Waals surface area contributed by atoms with Crippen molar-refractivity contribution < 1.29 is 4.79 Å². The lowest BCUT2D eigenvalue weighted by Crippen LogP contribution is -2.22. The molecule has 5 heteroatoms. The standard InChI is InChI=1S/C18H19N3OS/c1-10-5-4-6-13(7-10)9-20-17(22)16-15(19)14-11(2)8-12(3)21-18(14)23-16/h4-8H,9,19H2,1-3H3,(H,20,22). The fraction of sp³-hybridized carbons (Fsp3) is 0.222. The predicted octanol–water partition coefficient (Wildman–Crippen LogP) is 3.73. The van der Waals surface area contributed by atoms with Crippen LogP contribution in [0.25, 0.3) is 10.2 Å². The average molecular weight is 325 g/mol. The number of nitrogen functional groups attached to an aromatic ring is 1. The molecule has 1 aromatic carbocycles. The van der Waals surface area contributed by atoms with Crippen molar-refractivity contribution in [2.75, 3.05) is 5.73 Å². The smallest absolute Gasteiger partial charge is 0.263 e. The number of amides is 1. The molecule has 1 amide bonds. The molecule has 0 aliphatic rings. The van der Waals surface area contributed by atoms with E-state index >= 15 is 0 Å². The van der Waals surface area contributed by atoms with Crippen LogP contribution >= 0.6 is 11.3 Å². The number of hydrogen-bond donors (Lipinski definition) is 2. The fourth-order valence-corrected chi connectivity index (χ4v) is 3.86. The molecule has 0 bridgehead atoms. The number of thiophene rings is 1. The third-order valence-electron chi connectivity index (χ3n) is 3.77. The molecule has 2 aromatic heterocycles. The lowest BCUT2D eigenvalue weighted by molar-refractivity contribution is 0.0956. The number of nitrogens with zero attached hydrogens (tertiary/aromatic N) is 1. The topological polar surface area (TPSA) is 68.0 Å². The summed E-state index contributed by atoms with van der Waals surface area (Å²) in [5, 5.41) is 3.83. The zero-order chi connectivity index (χ0) is 16.6. The van der Waals surface area contributed by atoms with E-state index in [0.29, 0.717) is 17.1 Å². The van der Waals surface area contributed by atoms with E-state index in [0.717, 1.165) is 27.0 Å². The number of anilines is 1. The third kappa shape index (κ3) is 3.05. The second-order valence-electron chi connectivity index (χ2n) is 5.78. The van der Waals surface area contributed by atoms with E-state index in [1.165, 1.54) is 16.9 Å². The minimum atomic E-state index is -0.149. The number of nitrogens with two attached hydrogens (primary N) is 1. The summed E-state index contributed by atoms with van der Waals surface area (Å²) >= 11 is 1.35. The molecule has 0 spiro atoms. The maximum Gasteiger partial charge on any atom is 0.263 e. The summed E-state index contributed by atoms with van der Waals surface area (Å²) in [6, 6.07) is 10.1. The minimum absolute atomic E-state index is 0.149.